The highest BCUT2D eigenvalue weighted by molar-refractivity contribution is 7.79. The first kappa shape index (κ1) is 51.0. The average molecular weight is 1000 g/mol. The number of esters is 2. The molecular weight excluding hydrogens is 951 g/mol. The van der Waals surface area contributed by atoms with Gasteiger partial charge < -0.3 is 49.4 Å². The van der Waals surface area contributed by atoms with Crippen molar-refractivity contribution in [2.75, 3.05) is 48.7 Å². The Hall–Kier alpha value is -7.39. The summed E-state index contributed by atoms with van der Waals surface area (Å²) in [6, 6.07) is 12.3. The third kappa shape index (κ3) is 12.0. The fraction of sp³-hybridized carbons (Fsp3) is 0.302. The van der Waals surface area contributed by atoms with Crippen LogP contribution in [-0.4, -0.2) is 97.1 Å². The second-order valence-electron chi connectivity index (χ2n) is 14.4. The quantitative estimate of drug-likeness (QED) is 0.0418. The summed E-state index contributed by atoms with van der Waals surface area (Å²) in [4.78, 5) is 61.1. The van der Waals surface area contributed by atoms with Crippen LogP contribution < -0.4 is 36.9 Å². The molecule has 6 heterocycles. The zero-order valence-corrected chi connectivity index (χ0v) is 41.4. The molecular formula is C43H50N15O8S3-. The van der Waals surface area contributed by atoms with E-state index < -0.39 is 23.0 Å². The molecule has 1 unspecified atom stereocenters. The number of aryl methyl sites for hydroxylation is 4. The Bertz CT molecular complexity index is 3100. The number of hydrogen-bond donors (Lipinski definition) is 5. The third-order valence-electron chi connectivity index (χ3n) is 9.82. The molecule has 2 aromatic carbocycles. The summed E-state index contributed by atoms with van der Waals surface area (Å²) in [6.45, 7) is 11.2. The molecule has 0 amide bonds. The van der Waals surface area contributed by atoms with Crippen LogP contribution in [0.2, 0.25) is 0 Å². The van der Waals surface area contributed by atoms with Crippen LogP contribution in [0.25, 0.3) is 22.3 Å². The number of aromatic nitrogens is 10. The molecule has 23 nitrogen and oxygen atoms in total. The molecule has 1 atom stereocenters. The van der Waals surface area contributed by atoms with Gasteiger partial charge in [-0.05, 0) is 81.1 Å². The van der Waals surface area contributed by atoms with E-state index in [1.165, 1.54) is 11.3 Å². The summed E-state index contributed by atoms with van der Waals surface area (Å²) < 4.78 is 46.8. The van der Waals surface area contributed by atoms with Crippen molar-refractivity contribution in [3.8, 4) is 11.5 Å². The predicted molar refractivity (Wildman–Crippen MR) is 262 cm³/mol. The Balaban J connectivity index is 0.000000224. The number of methoxy groups -OCH3 is 2. The lowest BCUT2D eigenvalue weighted by molar-refractivity contribution is 0.0521. The summed E-state index contributed by atoms with van der Waals surface area (Å²) in [6.07, 6.45) is 3.37. The molecule has 7 N–H and O–H groups in total. The zero-order chi connectivity index (χ0) is 48.5. The molecule has 69 heavy (non-hydrogen) atoms. The van der Waals surface area contributed by atoms with Crippen molar-refractivity contribution in [2.45, 2.75) is 59.1 Å². The lowest BCUT2D eigenvalue weighted by Crippen LogP contribution is -2.08. The van der Waals surface area contributed by atoms with Gasteiger partial charge in [-0.1, -0.05) is 40.9 Å². The van der Waals surface area contributed by atoms with Gasteiger partial charge in [-0.25, -0.2) is 29.5 Å². The van der Waals surface area contributed by atoms with E-state index in [2.05, 4.69) is 61.1 Å². The molecule has 0 aliphatic rings. The first-order valence-corrected chi connectivity index (χ1v) is 23.6. The molecule has 0 fully saturated rings. The van der Waals surface area contributed by atoms with Crippen molar-refractivity contribution < 1.29 is 37.3 Å². The van der Waals surface area contributed by atoms with Crippen LogP contribution in [0.5, 0.6) is 11.5 Å². The molecule has 364 valence electrons. The van der Waals surface area contributed by atoms with Gasteiger partial charge in [-0.15, -0.1) is 0 Å². The summed E-state index contributed by atoms with van der Waals surface area (Å²) >= 11 is 0.0868. The fourth-order valence-corrected chi connectivity index (χ4v) is 8.64. The number of rotatable bonds is 18. The van der Waals surface area contributed by atoms with Gasteiger partial charge in [-0.3, -0.25) is 14.8 Å². The van der Waals surface area contributed by atoms with Crippen molar-refractivity contribution in [2.24, 2.45) is 7.05 Å². The van der Waals surface area contributed by atoms with Crippen molar-refractivity contribution >= 4 is 102 Å². The van der Waals surface area contributed by atoms with Crippen molar-refractivity contribution in [3.05, 3.63) is 87.4 Å². The molecule has 0 aliphatic carbocycles. The second-order valence-corrected chi connectivity index (χ2v) is 17.3. The van der Waals surface area contributed by atoms with Crippen LogP contribution in [-0.2, 0) is 47.2 Å². The van der Waals surface area contributed by atoms with E-state index in [1.54, 1.807) is 83.4 Å². The Morgan fingerprint density at radius 3 is 1.72 bits per heavy atom. The van der Waals surface area contributed by atoms with E-state index in [0.717, 1.165) is 28.0 Å². The minimum absolute atomic E-state index is 0. The van der Waals surface area contributed by atoms with Gasteiger partial charge in [0.25, 0.3) is 0 Å². The number of ether oxygens (including phenoxy) is 4. The van der Waals surface area contributed by atoms with E-state index in [-0.39, 0.29) is 23.6 Å². The number of carbonyl (C=O) groups is 2. The van der Waals surface area contributed by atoms with Crippen LogP contribution in [0.1, 0.15) is 62.6 Å². The van der Waals surface area contributed by atoms with Crippen LogP contribution in [0, 0.1) is 13.8 Å². The Morgan fingerprint density at radius 1 is 0.696 bits per heavy atom. The Morgan fingerprint density at radius 2 is 1.20 bits per heavy atom. The monoisotopic (exact) mass is 1000 g/mol. The number of thiazole rings is 2. The highest BCUT2D eigenvalue weighted by Crippen LogP contribution is 2.31. The topological polar surface area (TPSA) is 307 Å². The predicted octanol–water partition coefficient (Wildman–Crippen LogP) is 7.22. The molecule has 0 saturated heterocycles. The Labute approximate surface area is 406 Å². The molecule has 8 rings (SSSR count). The first-order valence-electron chi connectivity index (χ1n) is 20.9. The van der Waals surface area contributed by atoms with E-state index in [0.29, 0.717) is 104 Å². The number of nitrogens with zero attached hydrogens (tertiary/aromatic N) is 10. The molecule has 0 spiro atoms. The fourth-order valence-electron chi connectivity index (χ4n) is 6.58. The smallest absolute Gasteiger partial charge is 0.350 e. The lowest BCUT2D eigenvalue weighted by atomic mass is 10.2. The van der Waals surface area contributed by atoms with E-state index >= 15 is 0 Å². The number of carbonyl (C=O) groups excluding carboxylic acids is 2. The van der Waals surface area contributed by atoms with Crippen molar-refractivity contribution in [1.29, 1.82) is 0 Å². The van der Waals surface area contributed by atoms with Gasteiger partial charge >= 0.3 is 11.9 Å². The molecule has 6 aromatic heterocycles. The minimum atomic E-state index is -2.27. The van der Waals surface area contributed by atoms with Gasteiger partial charge in [-0.2, -0.15) is 19.9 Å². The van der Waals surface area contributed by atoms with E-state index in [9.17, 15) is 18.4 Å². The second kappa shape index (κ2) is 23.1. The molecule has 8 aromatic rings. The Kier molecular flexibility index (Phi) is 17.1. The van der Waals surface area contributed by atoms with Gasteiger partial charge in [0.1, 0.15) is 20.8 Å². The van der Waals surface area contributed by atoms with Crippen LogP contribution in [0.4, 0.5) is 33.8 Å². The molecule has 0 saturated carbocycles. The summed E-state index contributed by atoms with van der Waals surface area (Å²) in [5.74, 6) is 2.24. The van der Waals surface area contributed by atoms with E-state index in [4.69, 9.17) is 18.9 Å². The van der Waals surface area contributed by atoms with Gasteiger partial charge in [0, 0.05) is 31.6 Å². The lowest BCUT2D eigenvalue weighted by Gasteiger charge is -2.12. The highest BCUT2D eigenvalue weighted by atomic mass is 32.2. The van der Waals surface area contributed by atoms with Gasteiger partial charge in [0.15, 0.2) is 44.7 Å². The number of anilines is 6. The van der Waals surface area contributed by atoms with Gasteiger partial charge in [0.05, 0.1) is 51.5 Å². The highest BCUT2D eigenvalue weighted by Gasteiger charge is 2.21. The van der Waals surface area contributed by atoms with Crippen LogP contribution in [0.15, 0.2) is 60.0 Å². The largest absolute Gasteiger partial charge is 0.768 e. The maximum Gasteiger partial charge on any atom is 0.350 e. The van der Waals surface area contributed by atoms with Crippen molar-refractivity contribution in [3.63, 3.8) is 0 Å². The number of benzene rings is 2. The molecule has 26 heteroatoms. The summed E-state index contributed by atoms with van der Waals surface area (Å²) in [5.41, 5.74) is 5.52. The standard InChI is InChI=1S/C23H27N7O4S.C20H21N7O4S2.H3N/c1-6-30-12-25-20-17(30)19(24-11-14-8-9-15(32-4)16(10-14)33-5)27-22(28-20)29-23-26-13(3)18(35-23)21(31)34-7-2;1-4-31-18(28)15-11(2)23-20(32-15)26-19-24-16(14-17(25-19)22-10-27(14)3)21-9-12-5-7-13(8-6-12)33(29)30;/h8-10,12H,6-7,11H2,1-5H3,(H2,24,26,27,28,29);5-8,10H,4,9H2,1-3H3,(H,29,30)(H2,21,23,24,25,26);1H3/p-1. The molecule has 0 radical (unpaired) electrons. The average Bonchev–Trinajstić information content (AvgIpc) is 4.12. The maximum atomic E-state index is 12.2. The number of hydrogen-bond acceptors (Lipinski definition) is 23. The molecule has 0 bridgehead atoms. The van der Waals surface area contributed by atoms with Gasteiger partial charge in [0.2, 0.25) is 11.9 Å². The molecule has 0 aliphatic heterocycles. The first-order chi connectivity index (χ1) is 32.8. The number of nitrogens with one attached hydrogen (secondary N) is 4. The number of imidazole rings is 2. The maximum absolute atomic E-state index is 12.2. The summed E-state index contributed by atoms with van der Waals surface area (Å²) in [5, 5.41) is 13.7. The number of fused-ring (bicyclic) bond motifs is 2. The zero-order valence-electron chi connectivity index (χ0n) is 38.9. The van der Waals surface area contributed by atoms with Crippen LogP contribution >= 0.6 is 22.7 Å². The SMILES string of the molecule is CCOC(=O)c1sc(Nc2nc(NCc3ccc(OC)c(OC)c3)c3c(ncn3CC)n2)nc1C.CCOC(=O)c1sc(Nc2nc(NCc3ccc(S(=O)[O-])cc3)c3c(ncn3C)n2)nc1C.N. The van der Waals surface area contributed by atoms with Crippen molar-refractivity contribution in [1.82, 2.24) is 55.2 Å². The minimum Gasteiger partial charge on any atom is -0.768 e. The third-order valence-corrected chi connectivity index (χ3v) is 12.6. The van der Waals surface area contributed by atoms with E-state index in [1.807, 2.05) is 36.7 Å². The van der Waals surface area contributed by atoms with Crippen LogP contribution in [0.3, 0.4) is 0 Å². The normalized spacial score (nSPS) is 11.3. The summed E-state index contributed by atoms with van der Waals surface area (Å²) in [7, 11) is 5.05.